The Balaban J connectivity index is 0.00000106. The first-order valence-corrected chi connectivity index (χ1v) is 13.4. The molecular weight excluding hydrogens is 521 g/mol. The molecule has 3 heterocycles. The molecular formula is C29H35F3N6O2. The van der Waals surface area contributed by atoms with Gasteiger partial charge in [0.1, 0.15) is 5.75 Å². The molecule has 0 unspecified atom stereocenters. The molecule has 0 radical (unpaired) electrons. The number of nitrogens with zero attached hydrogens (tertiary/aromatic N) is 3. The number of alkyl halides is 3. The highest BCUT2D eigenvalue weighted by atomic mass is 19.4. The van der Waals surface area contributed by atoms with Gasteiger partial charge in [-0.05, 0) is 74.5 Å². The lowest BCUT2D eigenvalue weighted by Crippen LogP contribution is -2.42. The molecule has 0 atom stereocenters. The number of carbonyl (C=O) groups excluding carboxylic acids is 1. The molecule has 0 aliphatic carbocycles. The van der Waals surface area contributed by atoms with Crippen LogP contribution in [0.3, 0.4) is 0 Å². The molecule has 3 N–H and O–H groups in total. The number of hydrogen-bond acceptors (Lipinski definition) is 6. The lowest BCUT2D eigenvalue weighted by molar-refractivity contribution is -0.274. The lowest BCUT2D eigenvalue weighted by Gasteiger charge is -2.23. The quantitative estimate of drug-likeness (QED) is 0.249. The zero-order chi connectivity index (χ0) is 29.1. The fraction of sp³-hybridized carbons (Fsp3) is 0.345. The third-order valence-electron chi connectivity index (χ3n) is 5.80. The van der Waals surface area contributed by atoms with E-state index in [2.05, 4.69) is 30.8 Å². The van der Waals surface area contributed by atoms with E-state index in [-0.39, 0.29) is 17.7 Å². The summed E-state index contributed by atoms with van der Waals surface area (Å²) in [5.41, 5.74) is 2.79. The fourth-order valence-electron chi connectivity index (χ4n) is 4.10. The zero-order valence-corrected chi connectivity index (χ0v) is 23.0. The van der Waals surface area contributed by atoms with Crippen molar-refractivity contribution in [1.29, 1.82) is 0 Å². The van der Waals surface area contributed by atoms with Crippen LogP contribution >= 0.6 is 0 Å². The maximum atomic E-state index is 12.6. The smallest absolute Gasteiger partial charge is 0.406 e. The Morgan fingerprint density at radius 1 is 0.975 bits per heavy atom. The van der Waals surface area contributed by atoms with Crippen LogP contribution < -0.4 is 20.7 Å². The van der Waals surface area contributed by atoms with Gasteiger partial charge < -0.3 is 20.7 Å². The van der Waals surface area contributed by atoms with Gasteiger partial charge in [-0.1, -0.05) is 45.9 Å². The van der Waals surface area contributed by atoms with Crippen molar-refractivity contribution in [3.8, 4) is 17.0 Å². The van der Waals surface area contributed by atoms with Crippen molar-refractivity contribution < 1.29 is 22.7 Å². The second kappa shape index (κ2) is 14.3. The van der Waals surface area contributed by atoms with Crippen molar-refractivity contribution in [3.63, 3.8) is 0 Å². The number of anilines is 2. The summed E-state index contributed by atoms with van der Waals surface area (Å²) in [6.07, 6.45) is -2.96. The summed E-state index contributed by atoms with van der Waals surface area (Å²) in [7, 11) is 0. The van der Waals surface area contributed by atoms with Crippen molar-refractivity contribution in [3.05, 3.63) is 72.3 Å². The summed E-state index contributed by atoms with van der Waals surface area (Å²) in [4.78, 5) is 17.0. The average Bonchev–Trinajstić information content (AvgIpc) is 3.38. The summed E-state index contributed by atoms with van der Waals surface area (Å²) in [6.45, 7) is 9.79. The van der Waals surface area contributed by atoms with Gasteiger partial charge in [0.05, 0.1) is 5.69 Å². The summed E-state index contributed by atoms with van der Waals surface area (Å²) >= 11 is 0. The van der Waals surface area contributed by atoms with E-state index in [0.717, 1.165) is 25.9 Å². The largest absolute Gasteiger partial charge is 0.573 e. The summed E-state index contributed by atoms with van der Waals surface area (Å²) in [5, 5.41) is 13.9. The normalized spacial score (nSPS) is 13.4. The van der Waals surface area contributed by atoms with Gasteiger partial charge in [-0.2, -0.15) is 4.98 Å². The number of piperidine rings is 1. The van der Waals surface area contributed by atoms with Gasteiger partial charge in [0.25, 0.3) is 5.91 Å². The minimum Gasteiger partial charge on any atom is -0.406 e. The van der Waals surface area contributed by atoms with Gasteiger partial charge in [0.15, 0.2) is 5.65 Å². The molecule has 11 heteroatoms. The Kier molecular flexibility index (Phi) is 10.9. The highest BCUT2D eigenvalue weighted by Crippen LogP contribution is 2.28. The van der Waals surface area contributed by atoms with Crippen molar-refractivity contribution in [2.45, 2.75) is 52.9 Å². The third kappa shape index (κ3) is 8.19. The van der Waals surface area contributed by atoms with Crippen LogP contribution in [0.2, 0.25) is 0 Å². The minimum atomic E-state index is -4.78. The zero-order valence-electron chi connectivity index (χ0n) is 23.0. The van der Waals surface area contributed by atoms with Gasteiger partial charge >= 0.3 is 6.36 Å². The molecule has 1 aliphatic heterocycles. The molecule has 5 rings (SSSR count). The summed E-state index contributed by atoms with van der Waals surface area (Å²) in [5.74, 6) is -0.127. The number of carbonyl (C=O) groups is 1. The van der Waals surface area contributed by atoms with Gasteiger partial charge in [-0.3, -0.25) is 4.79 Å². The molecule has 8 nitrogen and oxygen atoms in total. The van der Waals surface area contributed by atoms with Crippen LogP contribution in [0.1, 0.15) is 50.9 Å². The number of halogens is 3. The molecule has 4 aromatic rings. The van der Waals surface area contributed by atoms with Gasteiger partial charge in [-0.25, -0.2) is 4.52 Å². The molecule has 2 aromatic carbocycles. The average molecular weight is 557 g/mol. The molecule has 1 amide bonds. The number of benzene rings is 2. The molecule has 0 bridgehead atoms. The third-order valence-corrected chi connectivity index (χ3v) is 5.80. The molecule has 0 spiro atoms. The number of aromatic nitrogens is 3. The molecule has 214 valence electrons. The van der Waals surface area contributed by atoms with Gasteiger partial charge in [0, 0.05) is 22.9 Å². The topological polar surface area (TPSA) is 92.6 Å². The van der Waals surface area contributed by atoms with Crippen LogP contribution in [-0.2, 0) is 0 Å². The Morgan fingerprint density at radius 3 is 2.33 bits per heavy atom. The Hall–Kier alpha value is -4.12. The maximum absolute atomic E-state index is 12.6. The van der Waals surface area contributed by atoms with Crippen molar-refractivity contribution in [2.75, 3.05) is 18.4 Å². The number of nitrogens with one attached hydrogen (secondary N) is 3. The Morgan fingerprint density at radius 2 is 1.65 bits per heavy atom. The van der Waals surface area contributed by atoms with Crippen LogP contribution in [0.25, 0.3) is 16.9 Å². The number of fused-ring (bicyclic) bond motifs is 1. The predicted molar refractivity (Wildman–Crippen MR) is 151 cm³/mol. The van der Waals surface area contributed by atoms with E-state index < -0.39 is 6.36 Å². The van der Waals surface area contributed by atoms with E-state index in [1.165, 1.54) is 22.7 Å². The van der Waals surface area contributed by atoms with Crippen LogP contribution in [0.5, 0.6) is 5.75 Å². The first-order valence-electron chi connectivity index (χ1n) is 13.4. The summed E-state index contributed by atoms with van der Waals surface area (Å²) in [6, 6.07) is 18.1. The molecule has 1 saturated heterocycles. The second-order valence-electron chi connectivity index (χ2n) is 8.39. The highest BCUT2D eigenvalue weighted by Gasteiger charge is 2.31. The molecule has 40 heavy (non-hydrogen) atoms. The lowest BCUT2D eigenvalue weighted by atomic mass is 10.1. The number of ether oxygens (including phenoxy) is 1. The summed E-state index contributed by atoms with van der Waals surface area (Å²) < 4.78 is 43.5. The highest BCUT2D eigenvalue weighted by molar-refractivity contribution is 5.94. The van der Waals surface area contributed by atoms with E-state index >= 15 is 0 Å². The first kappa shape index (κ1) is 30.4. The van der Waals surface area contributed by atoms with Crippen LogP contribution in [-0.4, -0.2) is 46.0 Å². The maximum Gasteiger partial charge on any atom is 0.573 e. The SMILES string of the molecule is CC.CC.O=C(NC1CCNCC1)c1ccc(Nc2nc3cccc(-c4cccc(OC(F)(F)F)c4)n3n2)cc1. The second-order valence-corrected chi connectivity index (χ2v) is 8.39. The van der Waals surface area contributed by atoms with Crippen LogP contribution in [0.15, 0.2) is 66.7 Å². The van der Waals surface area contributed by atoms with E-state index in [1.54, 1.807) is 48.5 Å². The van der Waals surface area contributed by atoms with Gasteiger partial charge in [-0.15, -0.1) is 18.3 Å². The Bertz CT molecular complexity index is 1370. The van der Waals surface area contributed by atoms with E-state index in [9.17, 15) is 18.0 Å². The number of pyridine rings is 1. The molecule has 1 fully saturated rings. The Labute approximate surface area is 232 Å². The minimum absolute atomic E-state index is 0.110. The molecule has 1 aliphatic rings. The number of rotatable bonds is 6. The fourth-order valence-corrected chi connectivity index (χ4v) is 4.10. The van der Waals surface area contributed by atoms with Crippen molar-refractivity contribution >= 4 is 23.2 Å². The van der Waals surface area contributed by atoms with E-state index in [4.69, 9.17) is 0 Å². The van der Waals surface area contributed by atoms with Crippen molar-refractivity contribution in [1.82, 2.24) is 25.2 Å². The number of amides is 1. The van der Waals surface area contributed by atoms with E-state index in [1.807, 2.05) is 27.7 Å². The predicted octanol–water partition coefficient (Wildman–Crippen LogP) is 6.57. The van der Waals surface area contributed by atoms with E-state index in [0.29, 0.717) is 34.1 Å². The monoisotopic (exact) mass is 556 g/mol. The van der Waals surface area contributed by atoms with Crippen LogP contribution in [0, 0.1) is 0 Å². The van der Waals surface area contributed by atoms with Crippen molar-refractivity contribution in [2.24, 2.45) is 0 Å². The number of hydrogen-bond donors (Lipinski definition) is 3. The standard InChI is InChI=1S/C25H23F3N6O2.2C2H6/c26-25(27,28)36-20-4-1-3-17(15-20)21-5-2-6-22-32-24(33-34(21)22)31-18-9-7-16(8-10-18)23(35)30-19-11-13-29-14-12-19;2*1-2/h1-10,15,19,29H,11-14H2,(H,30,35)(H,31,33);2*1-2H3. The first-order chi connectivity index (χ1) is 19.3. The van der Waals surface area contributed by atoms with Crippen LogP contribution in [0.4, 0.5) is 24.8 Å². The molecule has 2 aromatic heterocycles. The van der Waals surface area contributed by atoms with Gasteiger partial charge in [0.2, 0.25) is 5.95 Å². The molecule has 0 saturated carbocycles.